The first kappa shape index (κ1) is 11.4. The summed E-state index contributed by atoms with van der Waals surface area (Å²) in [7, 11) is 3.23. The molecule has 0 aliphatic rings. The Hall–Kier alpha value is -2.04. The van der Waals surface area contributed by atoms with E-state index in [4.69, 9.17) is 9.15 Å². The predicted molar refractivity (Wildman–Crippen MR) is 61.3 cm³/mol. The fraction of sp³-hybridized carbons (Fsp3) is 0.333. The lowest BCUT2D eigenvalue weighted by Crippen LogP contribution is -2.10. The van der Waals surface area contributed by atoms with Crippen LogP contribution >= 0.6 is 0 Å². The molecule has 0 aliphatic carbocycles. The summed E-state index contributed by atoms with van der Waals surface area (Å²) in [5.74, 6) is 1.02. The van der Waals surface area contributed by atoms with E-state index in [-0.39, 0.29) is 5.78 Å². The van der Waals surface area contributed by atoms with Crippen LogP contribution in [-0.4, -0.2) is 22.7 Å². The zero-order valence-electron chi connectivity index (χ0n) is 10.1. The van der Waals surface area contributed by atoms with Gasteiger partial charge >= 0.3 is 0 Å². The summed E-state index contributed by atoms with van der Waals surface area (Å²) in [6.07, 6.45) is 3.72. The number of ketones is 1. The smallest absolute Gasteiger partial charge is 0.218 e. The number of carbonyl (C=O) groups excluding carboxylic acids is 1. The third-order valence-electron chi connectivity index (χ3n) is 2.65. The lowest BCUT2D eigenvalue weighted by Gasteiger charge is -2.04. The van der Waals surface area contributed by atoms with Gasteiger partial charge in [-0.25, -0.2) is 0 Å². The number of methoxy groups -OCH3 is 1. The Morgan fingerprint density at radius 2 is 2.35 bits per heavy atom. The zero-order chi connectivity index (χ0) is 12.4. The van der Waals surface area contributed by atoms with Gasteiger partial charge in [-0.1, -0.05) is 6.92 Å². The van der Waals surface area contributed by atoms with E-state index in [2.05, 4.69) is 5.10 Å². The molecule has 5 heteroatoms. The van der Waals surface area contributed by atoms with Crippen molar-refractivity contribution in [3.63, 3.8) is 0 Å². The van der Waals surface area contributed by atoms with Gasteiger partial charge in [0.2, 0.25) is 5.78 Å². The molecule has 0 bridgehead atoms. The highest BCUT2D eigenvalue weighted by Crippen LogP contribution is 2.23. The van der Waals surface area contributed by atoms with Crippen molar-refractivity contribution in [3.8, 4) is 5.75 Å². The van der Waals surface area contributed by atoms with Crippen molar-refractivity contribution in [1.82, 2.24) is 9.78 Å². The van der Waals surface area contributed by atoms with Gasteiger partial charge < -0.3 is 9.15 Å². The van der Waals surface area contributed by atoms with Gasteiger partial charge in [-0.15, -0.1) is 0 Å². The molecule has 0 N–H and O–H groups in total. The molecule has 0 atom stereocenters. The zero-order valence-corrected chi connectivity index (χ0v) is 10.1. The summed E-state index contributed by atoms with van der Waals surface area (Å²) in [6.45, 7) is 1.94. The average molecular weight is 234 g/mol. The van der Waals surface area contributed by atoms with E-state index >= 15 is 0 Å². The molecule has 5 nitrogen and oxygen atoms in total. The van der Waals surface area contributed by atoms with Crippen LogP contribution in [-0.2, 0) is 13.5 Å². The molecule has 0 unspecified atom stereocenters. The standard InChI is InChI=1S/C12H14N2O3/c1-4-9-8(5-6-17-9)12(15)11-10(16-3)7-13-14(11)2/h5-7H,4H2,1-3H3. The first-order chi connectivity index (χ1) is 8.19. The van der Waals surface area contributed by atoms with Crippen molar-refractivity contribution in [2.45, 2.75) is 13.3 Å². The number of carbonyl (C=O) groups is 1. The van der Waals surface area contributed by atoms with Gasteiger partial charge in [-0.3, -0.25) is 9.48 Å². The minimum atomic E-state index is -0.132. The number of aryl methyl sites for hydroxylation is 2. The second-order valence-electron chi connectivity index (χ2n) is 3.63. The van der Waals surface area contributed by atoms with Crippen LogP contribution in [0.5, 0.6) is 5.75 Å². The van der Waals surface area contributed by atoms with Crippen LogP contribution in [0.1, 0.15) is 28.7 Å². The molecule has 0 spiro atoms. The number of furan rings is 1. The molecule has 0 saturated heterocycles. The Morgan fingerprint density at radius 1 is 1.59 bits per heavy atom. The molecule has 0 amide bonds. The number of rotatable bonds is 4. The van der Waals surface area contributed by atoms with Gasteiger partial charge in [0.1, 0.15) is 5.76 Å². The number of nitrogens with zero attached hydrogens (tertiary/aromatic N) is 2. The summed E-state index contributed by atoms with van der Waals surface area (Å²) < 4.78 is 11.9. The Bertz CT molecular complexity index is 540. The van der Waals surface area contributed by atoms with Crippen LogP contribution in [0.4, 0.5) is 0 Å². The maximum Gasteiger partial charge on any atom is 0.218 e. The first-order valence-corrected chi connectivity index (χ1v) is 5.36. The highest BCUT2D eigenvalue weighted by Gasteiger charge is 2.22. The summed E-state index contributed by atoms with van der Waals surface area (Å²) in [5, 5.41) is 4.01. The Balaban J connectivity index is 2.47. The molecule has 0 aliphatic heterocycles. The van der Waals surface area contributed by atoms with Crippen molar-refractivity contribution in [3.05, 3.63) is 35.5 Å². The number of hydrogen-bond acceptors (Lipinski definition) is 4. The molecule has 2 heterocycles. The lowest BCUT2D eigenvalue weighted by atomic mass is 10.1. The highest BCUT2D eigenvalue weighted by atomic mass is 16.5. The van der Waals surface area contributed by atoms with Crippen LogP contribution in [0.3, 0.4) is 0 Å². The third kappa shape index (κ3) is 1.84. The van der Waals surface area contributed by atoms with Crippen molar-refractivity contribution >= 4 is 5.78 Å². The molecule has 2 rings (SSSR count). The van der Waals surface area contributed by atoms with E-state index in [1.807, 2.05) is 6.92 Å². The highest BCUT2D eigenvalue weighted by molar-refractivity contribution is 6.10. The maximum atomic E-state index is 12.3. The van der Waals surface area contributed by atoms with Crippen LogP contribution in [0.2, 0.25) is 0 Å². The SMILES string of the molecule is CCc1occc1C(=O)c1c(OC)cnn1C. The second kappa shape index (κ2) is 4.45. The summed E-state index contributed by atoms with van der Waals surface area (Å²) in [4.78, 5) is 12.3. The largest absolute Gasteiger partial charge is 0.493 e. The molecule has 0 fully saturated rings. The van der Waals surface area contributed by atoms with Crippen LogP contribution < -0.4 is 4.74 Å². The van der Waals surface area contributed by atoms with Gasteiger partial charge in [-0.05, 0) is 6.07 Å². The molecule has 2 aromatic heterocycles. The monoisotopic (exact) mass is 234 g/mol. The molecular formula is C12H14N2O3. The molecule has 90 valence electrons. The normalized spacial score (nSPS) is 10.5. The van der Waals surface area contributed by atoms with E-state index in [9.17, 15) is 4.79 Å². The van der Waals surface area contributed by atoms with Crippen molar-refractivity contribution in [2.24, 2.45) is 7.05 Å². The second-order valence-corrected chi connectivity index (χ2v) is 3.63. The average Bonchev–Trinajstić information content (AvgIpc) is 2.93. The van der Waals surface area contributed by atoms with Crippen LogP contribution in [0.15, 0.2) is 22.9 Å². The van der Waals surface area contributed by atoms with E-state index in [1.165, 1.54) is 24.3 Å². The minimum absolute atomic E-state index is 0.132. The topological polar surface area (TPSA) is 57.3 Å². The van der Waals surface area contributed by atoms with Gasteiger partial charge in [-0.2, -0.15) is 5.10 Å². The molecule has 2 aromatic rings. The quantitative estimate of drug-likeness (QED) is 0.757. The summed E-state index contributed by atoms with van der Waals surface area (Å²) in [6, 6.07) is 1.67. The van der Waals surface area contributed by atoms with Gasteiger partial charge in [0.25, 0.3) is 0 Å². The maximum absolute atomic E-state index is 12.3. The van der Waals surface area contributed by atoms with E-state index in [0.717, 1.165) is 0 Å². The van der Waals surface area contributed by atoms with E-state index < -0.39 is 0 Å². The number of ether oxygens (including phenoxy) is 1. The fourth-order valence-electron chi connectivity index (χ4n) is 1.77. The number of aromatic nitrogens is 2. The first-order valence-electron chi connectivity index (χ1n) is 5.36. The lowest BCUT2D eigenvalue weighted by molar-refractivity contribution is 0.102. The Labute approximate surface area is 99.0 Å². The van der Waals surface area contributed by atoms with Crippen molar-refractivity contribution < 1.29 is 13.9 Å². The van der Waals surface area contributed by atoms with Crippen LogP contribution in [0.25, 0.3) is 0 Å². The minimum Gasteiger partial charge on any atom is -0.493 e. The molecule has 0 radical (unpaired) electrons. The van der Waals surface area contributed by atoms with Crippen molar-refractivity contribution in [2.75, 3.05) is 7.11 Å². The molecule has 0 aromatic carbocycles. The molecule has 17 heavy (non-hydrogen) atoms. The van der Waals surface area contributed by atoms with Crippen molar-refractivity contribution in [1.29, 1.82) is 0 Å². The molecule has 0 saturated carbocycles. The molecular weight excluding hydrogens is 220 g/mol. The van der Waals surface area contributed by atoms with E-state index in [1.54, 1.807) is 13.1 Å². The fourth-order valence-corrected chi connectivity index (χ4v) is 1.77. The summed E-state index contributed by atoms with van der Waals surface area (Å²) in [5.41, 5.74) is 0.998. The summed E-state index contributed by atoms with van der Waals surface area (Å²) >= 11 is 0. The number of hydrogen-bond donors (Lipinski definition) is 0. The van der Waals surface area contributed by atoms with Gasteiger partial charge in [0, 0.05) is 13.5 Å². The Morgan fingerprint density at radius 3 is 3.00 bits per heavy atom. The van der Waals surface area contributed by atoms with Gasteiger partial charge in [0.15, 0.2) is 11.4 Å². The van der Waals surface area contributed by atoms with Crippen LogP contribution in [0, 0.1) is 0 Å². The predicted octanol–water partition coefficient (Wildman–Crippen LogP) is 1.82. The van der Waals surface area contributed by atoms with Gasteiger partial charge in [0.05, 0.1) is 25.1 Å². The third-order valence-corrected chi connectivity index (χ3v) is 2.65. The van der Waals surface area contributed by atoms with E-state index in [0.29, 0.717) is 29.2 Å². The Kier molecular flexibility index (Phi) is 2.99.